The first-order chi connectivity index (χ1) is 8.89. The molecule has 2 saturated heterocycles. The Kier molecular flexibility index (Phi) is 3.16. The largest absolute Gasteiger partial charge is 0.356 e. The summed E-state index contributed by atoms with van der Waals surface area (Å²) in [6, 6.07) is 4.73. The summed E-state index contributed by atoms with van der Waals surface area (Å²) in [6.07, 6.45) is 0. The van der Waals surface area contributed by atoms with Crippen LogP contribution < -0.4 is 10.2 Å². The maximum atomic E-state index is 11.7. The van der Waals surface area contributed by atoms with Gasteiger partial charge in [-0.1, -0.05) is 29.3 Å². The van der Waals surface area contributed by atoms with Crippen LogP contribution in [-0.2, 0) is 9.84 Å². The van der Waals surface area contributed by atoms with E-state index >= 15 is 0 Å². The van der Waals surface area contributed by atoms with Gasteiger partial charge < -0.3 is 10.2 Å². The predicted octanol–water partition coefficient (Wildman–Crippen LogP) is 1.85. The minimum atomic E-state index is -3.05. The Balaban J connectivity index is 2.07. The highest BCUT2D eigenvalue weighted by Crippen LogP contribution is 2.38. The summed E-state index contributed by atoms with van der Waals surface area (Å²) in [4.78, 5) is 1.73. The van der Waals surface area contributed by atoms with Gasteiger partial charge in [0.05, 0.1) is 39.3 Å². The molecule has 2 aliphatic rings. The number of nitrogens with one attached hydrogen (secondary N) is 1. The van der Waals surface area contributed by atoms with Crippen LogP contribution in [-0.4, -0.2) is 37.1 Å². The van der Waals surface area contributed by atoms with Crippen molar-refractivity contribution < 1.29 is 8.42 Å². The van der Waals surface area contributed by atoms with E-state index in [1.165, 1.54) is 0 Å². The molecule has 8 heteroatoms. The molecule has 0 amide bonds. The maximum Gasteiger partial charge on any atom is 0.174 e. The summed E-state index contributed by atoms with van der Waals surface area (Å²) in [5.74, 6) is 0.155. The van der Waals surface area contributed by atoms with Gasteiger partial charge in [0.25, 0.3) is 0 Å². The van der Waals surface area contributed by atoms with Gasteiger partial charge in [0, 0.05) is 0 Å². The molecule has 0 bridgehead atoms. The molecular formula is C11H10Cl2N2O2S2. The summed E-state index contributed by atoms with van der Waals surface area (Å²) < 4.78 is 23.4. The molecule has 0 saturated carbocycles. The van der Waals surface area contributed by atoms with Gasteiger partial charge in [0.1, 0.15) is 0 Å². The predicted molar refractivity (Wildman–Crippen MR) is 80.9 cm³/mol. The van der Waals surface area contributed by atoms with E-state index in [1.54, 1.807) is 23.1 Å². The lowest BCUT2D eigenvalue weighted by Gasteiger charge is -2.25. The SMILES string of the molecule is O=S1(=O)C[C@H]2NC(=S)N(c3c(Cl)cccc3Cl)[C@H]2C1. The molecule has 2 atom stereocenters. The summed E-state index contributed by atoms with van der Waals surface area (Å²) in [5.41, 5.74) is 0.577. The highest BCUT2D eigenvalue weighted by atomic mass is 35.5. The second kappa shape index (κ2) is 4.48. The van der Waals surface area contributed by atoms with Crippen molar-refractivity contribution in [3.8, 4) is 0 Å². The lowest BCUT2D eigenvalue weighted by molar-refractivity contribution is 0.600. The molecule has 0 unspecified atom stereocenters. The molecule has 0 radical (unpaired) electrons. The summed E-state index contributed by atoms with van der Waals surface area (Å²) in [5, 5.41) is 4.43. The standard InChI is InChI=1S/C11H10Cl2N2O2S2/c12-6-2-1-3-7(13)10(6)15-9-5-19(16,17)4-8(9)14-11(15)18/h1-3,8-9H,4-5H2,(H,14,18)/t8-,9+/m1/s1. The van der Waals surface area contributed by atoms with Gasteiger partial charge in [-0.3, -0.25) is 0 Å². The molecule has 4 nitrogen and oxygen atoms in total. The third-order valence-corrected chi connectivity index (χ3v) is 6.00. The monoisotopic (exact) mass is 336 g/mol. The van der Waals surface area contributed by atoms with Crippen molar-refractivity contribution >= 4 is 56.1 Å². The number of hydrogen-bond acceptors (Lipinski definition) is 3. The van der Waals surface area contributed by atoms with Crippen molar-refractivity contribution in [1.82, 2.24) is 5.32 Å². The molecule has 1 aromatic carbocycles. The number of thiocarbonyl (C=S) groups is 1. The third kappa shape index (κ3) is 2.20. The van der Waals surface area contributed by atoms with Crippen molar-refractivity contribution in [2.75, 3.05) is 16.4 Å². The molecule has 0 aliphatic carbocycles. The van der Waals surface area contributed by atoms with Crippen LogP contribution in [0.2, 0.25) is 10.0 Å². The number of rotatable bonds is 1. The van der Waals surface area contributed by atoms with Crippen LogP contribution in [0.3, 0.4) is 0 Å². The number of anilines is 1. The van der Waals surface area contributed by atoms with E-state index in [9.17, 15) is 8.42 Å². The quantitative estimate of drug-likeness (QED) is 0.793. The average molecular weight is 337 g/mol. The van der Waals surface area contributed by atoms with Crippen molar-refractivity contribution in [2.24, 2.45) is 0 Å². The first-order valence-corrected chi connectivity index (χ1v) is 8.62. The average Bonchev–Trinajstić information content (AvgIpc) is 2.71. The fourth-order valence-electron chi connectivity index (χ4n) is 2.59. The second-order valence-electron chi connectivity index (χ2n) is 4.64. The number of benzene rings is 1. The van der Waals surface area contributed by atoms with E-state index in [1.807, 2.05) is 0 Å². The zero-order valence-corrected chi connectivity index (χ0v) is 12.8. The molecule has 1 aromatic rings. The molecule has 3 rings (SSSR count). The van der Waals surface area contributed by atoms with E-state index in [0.29, 0.717) is 20.8 Å². The van der Waals surface area contributed by atoms with Crippen LogP contribution in [0.4, 0.5) is 5.69 Å². The summed E-state index contributed by atoms with van der Waals surface area (Å²) in [7, 11) is -3.05. The minimum Gasteiger partial charge on any atom is -0.356 e. The number of fused-ring (bicyclic) bond motifs is 1. The fourth-order valence-corrected chi connectivity index (χ4v) is 5.43. The third-order valence-electron chi connectivity index (χ3n) is 3.36. The zero-order valence-electron chi connectivity index (χ0n) is 9.64. The van der Waals surface area contributed by atoms with Gasteiger partial charge in [0.2, 0.25) is 0 Å². The number of sulfone groups is 1. The van der Waals surface area contributed by atoms with Crippen LogP contribution >= 0.6 is 35.4 Å². The van der Waals surface area contributed by atoms with E-state index in [-0.39, 0.29) is 23.6 Å². The van der Waals surface area contributed by atoms with Gasteiger partial charge in [-0.15, -0.1) is 0 Å². The Labute approximate surface area is 126 Å². The molecular weight excluding hydrogens is 327 g/mol. The van der Waals surface area contributed by atoms with Crippen LogP contribution in [0.25, 0.3) is 0 Å². The molecule has 0 spiro atoms. The molecule has 2 aliphatic heterocycles. The van der Waals surface area contributed by atoms with Gasteiger partial charge in [-0.05, 0) is 24.4 Å². The molecule has 102 valence electrons. The smallest absolute Gasteiger partial charge is 0.174 e. The molecule has 19 heavy (non-hydrogen) atoms. The Morgan fingerprint density at radius 2 is 1.89 bits per heavy atom. The van der Waals surface area contributed by atoms with Crippen LogP contribution in [0.5, 0.6) is 0 Å². The van der Waals surface area contributed by atoms with Gasteiger partial charge in [-0.2, -0.15) is 0 Å². The van der Waals surface area contributed by atoms with E-state index in [4.69, 9.17) is 35.4 Å². The Morgan fingerprint density at radius 3 is 2.53 bits per heavy atom. The second-order valence-corrected chi connectivity index (χ2v) is 8.00. The van der Waals surface area contributed by atoms with Crippen molar-refractivity contribution in [1.29, 1.82) is 0 Å². The first kappa shape index (κ1) is 13.4. The lowest BCUT2D eigenvalue weighted by atomic mass is 10.1. The maximum absolute atomic E-state index is 11.7. The topological polar surface area (TPSA) is 49.4 Å². The molecule has 2 fully saturated rings. The summed E-state index contributed by atoms with van der Waals surface area (Å²) >= 11 is 17.6. The van der Waals surface area contributed by atoms with E-state index in [2.05, 4.69) is 5.32 Å². The highest BCUT2D eigenvalue weighted by Gasteiger charge is 2.48. The highest BCUT2D eigenvalue weighted by molar-refractivity contribution is 7.91. The first-order valence-electron chi connectivity index (χ1n) is 5.63. The van der Waals surface area contributed by atoms with Crippen molar-refractivity contribution in [3.63, 3.8) is 0 Å². The molecule has 2 heterocycles. The van der Waals surface area contributed by atoms with Crippen LogP contribution in [0.1, 0.15) is 0 Å². The van der Waals surface area contributed by atoms with Gasteiger partial charge in [-0.25, -0.2) is 8.42 Å². The zero-order chi connectivity index (χ0) is 13.8. The van der Waals surface area contributed by atoms with E-state index in [0.717, 1.165) is 0 Å². The van der Waals surface area contributed by atoms with Gasteiger partial charge in [0.15, 0.2) is 14.9 Å². The van der Waals surface area contributed by atoms with Crippen LogP contribution in [0.15, 0.2) is 18.2 Å². The molecule has 1 N–H and O–H groups in total. The Bertz CT molecular complexity index is 642. The number of para-hydroxylation sites is 1. The minimum absolute atomic E-state index is 0.0619. The van der Waals surface area contributed by atoms with Crippen molar-refractivity contribution in [2.45, 2.75) is 12.1 Å². The van der Waals surface area contributed by atoms with Crippen molar-refractivity contribution in [3.05, 3.63) is 28.2 Å². The Morgan fingerprint density at radius 1 is 1.26 bits per heavy atom. The Hall–Kier alpha value is -0.560. The van der Waals surface area contributed by atoms with Crippen LogP contribution in [0, 0.1) is 0 Å². The number of nitrogens with zero attached hydrogens (tertiary/aromatic N) is 1. The summed E-state index contributed by atoms with van der Waals surface area (Å²) in [6.45, 7) is 0. The lowest BCUT2D eigenvalue weighted by Crippen LogP contribution is -2.37. The molecule has 0 aromatic heterocycles. The number of halogens is 2. The normalized spacial score (nSPS) is 28.3. The fraction of sp³-hybridized carbons (Fsp3) is 0.364. The van der Waals surface area contributed by atoms with E-state index < -0.39 is 9.84 Å². The van der Waals surface area contributed by atoms with Gasteiger partial charge >= 0.3 is 0 Å². The number of hydrogen-bond donors (Lipinski definition) is 1.